The summed E-state index contributed by atoms with van der Waals surface area (Å²) >= 11 is 0. The number of rotatable bonds is 7. The molecule has 4 nitrogen and oxygen atoms in total. The Morgan fingerprint density at radius 1 is 1.22 bits per heavy atom. The summed E-state index contributed by atoms with van der Waals surface area (Å²) in [6, 6.07) is 0. The van der Waals surface area contributed by atoms with Gasteiger partial charge in [-0.05, 0) is 24.7 Å². The molecule has 1 saturated carbocycles. The Morgan fingerprint density at radius 3 is 2.33 bits per heavy atom. The van der Waals surface area contributed by atoms with Crippen molar-refractivity contribution in [2.24, 2.45) is 5.41 Å². The van der Waals surface area contributed by atoms with E-state index >= 15 is 0 Å². The molecule has 0 spiro atoms. The number of amides is 1. The number of carbonyl (C=O) groups excluding carboxylic acids is 1. The number of carbonyl (C=O) groups is 2. The van der Waals surface area contributed by atoms with Gasteiger partial charge < -0.3 is 10.0 Å². The zero-order chi connectivity index (χ0) is 13.6. The van der Waals surface area contributed by atoms with E-state index in [0.717, 1.165) is 45.1 Å². The predicted octanol–water partition coefficient (Wildman–Crippen LogP) is 2.67. The van der Waals surface area contributed by atoms with Gasteiger partial charge in [0.2, 0.25) is 5.91 Å². The molecule has 1 rings (SSSR count). The first-order chi connectivity index (χ1) is 8.49. The van der Waals surface area contributed by atoms with Crippen molar-refractivity contribution in [2.45, 2.75) is 58.3 Å². The van der Waals surface area contributed by atoms with Crippen LogP contribution in [0, 0.1) is 5.41 Å². The summed E-state index contributed by atoms with van der Waals surface area (Å²) in [5, 5.41) is 9.01. The van der Waals surface area contributed by atoms with E-state index in [0.29, 0.717) is 6.42 Å². The number of carboxylic acids is 1. The first kappa shape index (κ1) is 15.0. The Hall–Kier alpha value is -1.06. The van der Waals surface area contributed by atoms with Crippen molar-refractivity contribution in [2.75, 3.05) is 13.6 Å². The van der Waals surface area contributed by atoms with Gasteiger partial charge in [0.15, 0.2) is 0 Å². The predicted molar refractivity (Wildman–Crippen MR) is 70.3 cm³/mol. The van der Waals surface area contributed by atoms with Crippen molar-refractivity contribution in [3.05, 3.63) is 0 Å². The van der Waals surface area contributed by atoms with Crippen LogP contribution in [0.25, 0.3) is 0 Å². The average molecular weight is 255 g/mol. The van der Waals surface area contributed by atoms with Crippen LogP contribution in [0.15, 0.2) is 0 Å². The van der Waals surface area contributed by atoms with E-state index in [9.17, 15) is 9.59 Å². The van der Waals surface area contributed by atoms with Crippen LogP contribution in [-0.2, 0) is 9.59 Å². The molecular formula is C14H25NO3. The van der Waals surface area contributed by atoms with E-state index in [4.69, 9.17) is 5.11 Å². The number of aliphatic carboxylic acids is 1. The topological polar surface area (TPSA) is 57.6 Å². The van der Waals surface area contributed by atoms with Crippen LogP contribution < -0.4 is 0 Å². The summed E-state index contributed by atoms with van der Waals surface area (Å²) in [7, 11) is 1.82. The molecule has 0 saturated heterocycles. The molecule has 0 heterocycles. The third kappa shape index (κ3) is 4.31. The van der Waals surface area contributed by atoms with Gasteiger partial charge in [-0.15, -0.1) is 0 Å². The standard InChI is InChI=1S/C14H25NO3/c1-3-4-9-15(2)12(16)10-14(11-13(17)18)7-5-6-8-14/h3-11H2,1-2H3,(H,17,18). The molecule has 1 fully saturated rings. The lowest BCUT2D eigenvalue weighted by Gasteiger charge is -2.29. The molecule has 0 aromatic heterocycles. The zero-order valence-corrected chi connectivity index (χ0v) is 11.6. The van der Waals surface area contributed by atoms with E-state index in [1.165, 1.54) is 0 Å². The Balaban J connectivity index is 2.55. The second-order valence-corrected chi connectivity index (χ2v) is 5.62. The minimum atomic E-state index is -0.777. The third-order valence-electron chi connectivity index (χ3n) is 3.99. The van der Waals surface area contributed by atoms with Gasteiger partial charge in [-0.1, -0.05) is 26.2 Å². The van der Waals surface area contributed by atoms with Crippen LogP contribution in [0.5, 0.6) is 0 Å². The van der Waals surface area contributed by atoms with Crippen molar-refractivity contribution in [1.82, 2.24) is 4.90 Å². The minimum Gasteiger partial charge on any atom is -0.481 e. The smallest absolute Gasteiger partial charge is 0.303 e. The lowest BCUT2D eigenvalue weighted by Crippen LogP contribution is -2.34. The molecule has 1 aliphatic carbocycles. The first-order valence-electron chi connectivity index (χ1n) is 6.95. The summed E-state index contributed by atoms with van der Waals surface area (Å²) in [5.41, 5.74) is -0.274. The van der Waals surface area contributed by atoms with Gasteiger partial charge in [0, 0.05) is 20.0 Å². The van der Waals surface area contributed by atoms with Gasteiger partial charge in [-0.2, -0.15) is 0 Å². The molecule has 0 aromatic rings. The van der Waals surface area contributed by atoms with Crippen molar-refractivity contribution in [3.63, 3.8) is 0 Å². The molecule has 1 aliphatic rings. The Morgan fingerprint density at radius 2 is 1.83 bits per heavy atom. The van der Waals surface area contributed by atoms with Crippen LogP contribution >= 0.6 is 0 Å². The molecule has 1 amide bonds. The molecule has 0 bridgehead atoms. The van der Waals surface area contributed by atoms with Gasteiger partial charge in [-0.3, -0.25) is 9.59 Å². The summed E-state index contributed by atoms with van der Waals surface area (Å²) in [5.74, 6) is -0.674. The Bertz CT molecular complexity index is 295. The highest BCUT2D eigenvalue weighted by molar-refractivity contribution is 5.78. The Kier molecular flexibility index (Phi) is 5.63. The van der Waals surface area contributed by atoms with E-state index < -0.39 is 5.97 Å². The number of nitrogens with zero attached hydrogens (tertiary/aromatic N) is 1. The van der Waals surface area contributed by atoms with Gasteiger partial charge in [-0.25, -0.2) is 0 Å². The molecule has 0 aliphatic heterocycles. The van der Waals surface area contributed by atoms with Crippen LogP contribution in [0.3, 0.4) is 0 Å². The van der Waals surface area contributed by atoms with Crippen molar-refractivity contribution < 1.29 is 14.7 Å². The maximum Gasteiger partial charge on any atom is 0.303 e. The summed E-state index contributed by atoms with van der Waals surface area (Å²) in [6.07, 6.45) is 6.49. The average Bonchev–Trinajstić information content (AvgIpc) is 2.72. The van der Waals surface area contributed by atoms with Gasteiger partial charge in [0.05, 0.1) is 6.42 Å². The fourth-order valence-corrected chi connectivity index (χ4v) is 2.84. The summed E-state index contributed by atoms with van der Waals surface area (Å²) in [4.78, 5) is 24.8. The molecule has 104 valence electrons. The van der Waals surface area contributed by atoms with Crippen molar-refractivity contribution in [1.29, 1.82) is 0 Å². The Labute approximate surface area is 109 Å². The fraction of sp³-hybridized carbons (Fsp3) is 0.857. The molecule has 4 heteroatoms. The molecule has 0 aromatic carbocycles. The zero-order valence-electron chi connectivity index (χ0n) is 11.6. The normalized spacial score (nSPS) is 17.7. The van der Waals surface area contributed by atoms with Crippen molar-refractivity contribution in [3.8, 4) is 0 Å². The van der Waals surface area contributed by atoms with Crippen LogP contribution in [-0.4, -0.2) is 35.5 Å². The highest BCUT2D eigenvalue weighted by atomic mass is 16.4. The quantitative estimate of drug-likeness (QED) is 0.761. The lowest BCUT2D eigenvalue weighted by molar-refractivity contribution is -0.141. The largest absolute Gasteiger partial charge is 0.481 e. The van der Waals surface area contributed by atoms with E-state index in [1.54, 1.807) is 4.90 Å². The van der Waals surface area contributed by atoms with Gasteiger partial charge >= 0.3 is 5.97 Å². The van der Waals surface area contributed by atoms with Gasteiger partial charge in [0.1, 0.15) is 0 Å². The highest BCUT2D eigenvalue weighted by Gasteiger charge is 2.38. The van der Waals surface area contributed by atoms with E-state index in [-0.39, 0.29) is 17.7 Å². The number of unbranched alkanes of at least 4 members (excludes halogenated alkanes) is 1. The molecule has 18 heavy (non-hydrogen) atoms. The monoisotopic (exact) mass is 255 g/mol. The first-order valence-corrected chi connectivity index (χ1v) is 6.95. The lowest BCUT2D eigenvalue weighted by atomic mass is 9.79. The van der Waals surface area contributed by atoms with E-state index in [2.05, 4.69) is 6.92 Å². The highest BCUT2D eigenvalue weighted by Crippen LogP contribution is 2.44. The van der Waals surface area contributed by atoms with Crippen molar-refractivity contribution >= 4 is 11.9 Å². The SMILES string of the molecule is CCCCN(C)C(=O)CC1(CC(=O)O)CCCC1. The molecule has 1 N–H and O–H groups in total. The number of hydrogen-bond donors (Lipinski definition) is 1. The number of hydrogen-bond acceptors (Lipinski definition) is 2. The van der Waals surface area contributed by atoms with Crippen LogP contribution in [0.4, 0.5) is 0 Å². The molecule has 0 radical (unpaired) electrons. The third-order valence-corrected chi connectivity index (χ3v) is 3.99. The molecule has 0 atom stereocenters. The summed E-state index contributed by atoms with van der Waals surface area (Å²) in [6.45, 7) is 2.87. The molecule has 0 unspecified atom stereocenters. The van der Waals surface area contributed by atoms with Crippen LogP contribution in [0.1, 0.15) is 58.3 Å². The van der Waals surface area contributed by atoms with E-state index in [1.807, 2.05) is 7.05 Å². The number of carboxylic acid groups (broad SMARTS) is 1. The second kappa shape index (κ2) is 6.76. The van der Waals surface area contributed by atoms with Gasteiger partial charge in [0.25, 0.3) is 0 Å². The summed E-state index contributed by atoms with van der Waals surface area (Å²) < 4.78 is 0. The maximum atomic E-state index is 12.1. The fourth-order valence-electron chi connectivity index (χ4n) is 2.84. The second-order valence-electron chi connectivity index (χ2n) is 5.62. The van der Waals surface area contributed by atoms with Crippen LogP contribution in [0.2, 0.25) is 0 Å². The minimum absolute atomic E-state index is 0.103. The maximum absolute atomic E-state index is 12.1. The molecular weight excluding hydrogens is 230 g/mol.